The van der Waals surface area contributed by atoms with Gasteiger partial charge >= 0.3 is 5.97 Å². The summed E-state index contributed by atoms with van der Waals surface area (Å²) in [6.07, 6.45) is -0.662. The molecule has 0 bridgehead atoms. The van der Waals surface area contributed by atoms with E-state index in [0.29, 0.717) is 6.42 Å². The van der Waals surface area contributed by atoms with Crippen LogP contribution in [0.5, 0.6) is 0 Å². The molecule has 0 aliphatic heterocycles. The maximum atomic E-state index is 13.1. The Labute approximate surface area is 228 Å². The van der Waals surface area contributed by atoms with Gasteiger partial charge in [0.05, 0.1) is 6.04 Å². The molecule has 3 aromatic rings. The molecule has 0 saturated heterocycles. The second kappa shape index (κ2) is 14.7. The fourth-order valence-corrected chi connectivity index (χ4v) is 4.12. The maximum Gasteiger partial charge on any atom is 0.325 e. The lowest BCUT2D eigenvalue weighted by Crippen LogP contribution is -2.56. The topological polar surface area (TPSA) is 134 Å². The summed E-state index contributed by atoms with van der Waals surface area (Å²) < 4.78 is 5.13. The van der Waals surface area contributed by atoms with Gasteiger partial charge in [-0.25, -0.2) is 0 Å². The van der Waals surface area contributed by atoms with Gasteiger partial charge in [0, 0.05) is 6.42 Å². The van der Waals surface area contributed by atoms with Gasteiger partial charge in [-0.15, -0.1) is 0 Å². The maximum absolute atomic E-state index is 13.1. The van der Waals surface area contributed by atoms with E-state index in [1.807, 2.05) is 67.6 Å². The Hall–Kier alpha value is -4.18. The van der Waals surface area contributed by atoms with Crippen molar-refractivity contribution in [3.05, 3.63) is 83.9 Å². The smallest absolute Gasteiger partial charge is 0.325 e. The third-order valence-electron chi connectivity index (χ3n) is 6.11. The molecule has 202 valence electrons. The summed E-state index contributed by atoms with van der Waals surface area (Å²) in [6.45, 7) is 1.44. The number of fused-ring (bicyclic) bond motifs is 1. The summed E-state index contributed by atoms with van der Waals surface area (Å²) >= 11 is 0. The van der Waals surface area contributed by atoms with Gasteiger partial charge in [0.25, 0.3) is 5.91 Å². The molecular weight excluding hydrogens is 497 g/mol. The first kappa shape index (κ1) is 29.4. The molecule has 3 aromatic carbocycles. The first-order chi connectivity index (χ1) is 18.8. The first-order valence-corrected chi connectivity index (χ1v) is 12.8. The minimum absolute atomic E-state index is 0.0536. The van der Waals surface area contributed by atoms with Crippen molar-refractivity contribution in [1.82, 2.24) is 16.0 Å². The molecule has 9 nitrogen and oxygen atoms in total. The van der Waals surface area contributed by atoms with Crippen molar-refractivity contribution in [3.63, 3.8) is 0 Å². The summed E-state index contributed by atoms with van der Waals surface area (Å²) in [4.78, 5) is 49.4. The Bertz CT molecular complexity index is 1290. The van der Waals surface area contributed by atoms with Crippen molar-refractivity contribution in [1.29, 1.82) is 0 Å². The Morgan fingerprint density at radius 3 is 2.26 bits per heavy atom. The summed E-state index contributed by atoms with van der Waals surface area (Å²) in [5.74, 6) is -2.99. The average Bonchev–Trinajstić information content (AvgIpc) is 2.94. The van der Waals surface area contributed by atoms with Crippen molar-refractivity contribution in [3.8, 4) is 0 Å². The molecular formula is C29H32BN3O6. The van der Waals surface area contributed by atoms with E-state index in [1.54, 1.807) is 12.1 Å². The fraction of sp³-hybridized carbons (Fsp3) is 0.310. The number of amides is 3. The molecule has 0 aliphatic rings. The predicted molar refractivity (Wildman–Crippen MR) is 148 cm³/mol. The van der Waals surface area contributed by atoms with Gasteiger partial charge in [-0.1, -0.05) is 86.1 Å². The van der Waals surface area contributed by atoms with E-state index in [-0.39, 0.29) is 19.4 Å². The van der Waals surface area contributed by atoms with Gasteiger partial charge in [0.1, 0.15) is 19.2 Å². The van der Waals surface area contributed by atoms with Crippen molar-refractivity contribution in [2.24, 2.45) is 0 Å². The average molecular weight is 529 g/mol. The van der Waals surface area contributed by atoms with Crippen molar-refractivity contribution in [2.45, 2.75) is 51.0 Å². The van der Waals surface area contributed by atoms with Crippen LogP contribution in [0.4, 0.5) is 4.79 Å². The summed E-state index contributed by atoms with van der Waals surface area (Å²) in [5.41, 5.74) is 1.59. The zero-order valence-corrected chi connectivity index (χ0v) is 21.8. The van der Waals surface area contributed by atoms with Gasteiger partial charge in [-0.2, -0.15) is 0 Å². The Kier molecular flexibility index (Phi) is 11.1. The third kappa shape index (κ3) is 9.26. The minimum atomic E-state index is -1.63. The molecule has 0 saturated carbocycles. The highest BCUT2D eigenvalue weighted by molar-refractivity contribution is 6.57. The number of benzene rings is 3. The molecule has 2 unspecified atom stereocenters. The molecule has 0 aromatic heterocycles. The lowest BCUT2D eigenvalue weighted by Gasteiger charge is -2.26. The van der Waals surface area contributed by atoms with Crippen LogP contribution in [0.1, 0.15) is 30.9 Å². The number of carbonyl (C=O) groups is 4. The van der Waals surface area contributed by atoms with E-state index in [2.05, 4.69) is 16.0 Å². The number of aliphatic hydroxyl groups is 1. The summed E-state index contributed by atoms with van der Waals surface area (Å²) in [7, 11) is 5.32. The number of hydrogen-bond donors (Lipinski definition) is 4. The number of nitrogens with one attached hydrogen (secondary N) is 3. The highest BCUT2D eigenvalue weighted by Gasteiger charge is 2.30. The van der Waals surface area contributed by atoms with Gasteiger partial charge < -0.3 is 25.8 Å². The Morgan fingerprint density at radius 2 is 1.56 bits per heavy atom. The molecule has 10 heteroatoms. The zero-order valence-electron chi connectivity index (χ0n) is 21.8. The molecule has 2 radical (unpaired) electrons. The van der Waals surface area contributed by atoms with E-state index in [1.165, 1.54) is 0 Å². The molecule has 3 amide bonds. The predicted octanol–water partition coefficient (Wildman–Crippen LogP) is 2.13. The second-order valence-corrected chi connectivity index (χ2v) is 9.16. The Morgan fingerprint density at radius 1 is 0.872 bits per heavy atom. The van der Waals surface area contributed by atoms with Crippen molar-refractivity contribution >= 4 is 42.2 Å². The van der Waals surface area contributed by atoms with Crippen LogP contribution >= 0.6 is 0 Å². The van der Waals surface area contributed by atoms with E-state index >= 15 is 0 Å². The Balaban J connectivity index is 1.59. The monoisotopic (exact) mass is 529 g/mol. The molecule has 39 heavy (non-hydrogen) atoms. The van der Waals surface area contributed by atoms with Crippen LogP contribution in [0.2, 0.25) is 0 Å². The number of carbonyl (C=O) groups excluding carboxylic acids is 4. The van der Waals surface area contributed by atoms with E-state index < -0.39 is 48.3 Å². The third-order valence-corrected chi connectivity index (χ3v) is 6.11. The van der Waals surface area contributed by atoms with Gasteiger partial charge in [-0.3, -0.25) is 19.2 Å². The SMILES string of the molecule is [B]C(=O)N[C@@H](Cc1ccc2ccccc2c1)C(=O)NC(CCC)C(O)C(=O)NCC(=O)OCc1ccccc1. The first-order valence-electron chi connectivity index (χ1n) is 12.8. The van der Waals surface area contributed by atoms with Gasteiger partial charge in [0.15, 0.2) is 11.9 Å². The highest BCUT2D eigenvalue weighted by Crippen LogP contribution is 2.17. The summed E-state index contributed by atoms with van der Waals surface area (Å²) in [6, 6.07) is 20.5. The van der Waals surface area contributed by atoms with Crippen LogP contribution in [0.25, 0.3) is 10.8 Å². The van der Waals surface area contributed by atoms with Crippen LogP contribution < -0.4 is 16.0 Å². The zero-order chi connectivity index (χ0) is 28.2. The largest absolute Gasteiger partial charge is 0.460 e. The van der Waals surface area contributed by atoms with Gasteiger partial charge in [-0.05, 0) is 28.3 Å². The molecule has 0 heterocycles. The molecule has 3 rings (SSSR count). The number of ether oxygens (including phenoxy) is 1. The number of esters is 1. The van der Waals surface area contributed by atoms with E-state index in [4.69, 9.17) is 12.6 Å². The van der Waals surface area contributed by atoms with Crippen molar-refractivity contribution in [2.75, 3.05) is 6.54 Å². The molecule has 0 aliphatic carbocycles. The van der Waals surface area contributed by atoms with Crippen LogP contribution in [0, 0.1) is 0 Å². The quantitative estimate of drug-likeness (QED) is 0.198. The number of hydrogen-bond acceptors (Lipinski definition) is 6. The van der Waals surface area contributed by atoms with Gasteiger partial charge in [0.2, 0.25) is 13.8 Å². The molecule has 0 spiro atoms. The standard InChI is InChI=1S/C29H32BN3O6/c1-2-8-23(26(35)28(37)31-17-25(34)39-18-19-9-4-3-5-10-19)32-27(36)24(33-29(30)38)16-20-13-14-21-11-6-7-12-22(21)15-20/h3-7,9-15,23-24,26,35H,2,8,16-18H2,1H3,(H,31,37)(H,32,36)(H,33,38)/t23?,24-,26?/m0/s1. The summed E-state index contributed by atoms with van der Waals surface area (Å²) in [5, 5.41) is 20.1. The van der Waals surface area contributed by atoms with E-state index in [0.717, 1.165) is 21.9 Å². The lowest BCUT2D eigenvalue weighted by molar-refractivity contribution is -0.146. The van der Waals surface area contributed by atoms with Crippen LogP contribution in [-0.4, -0.2) is 61.3 Å². The van der Waals surface area contributed by atoms with E-state index in [9.17, 15) is 24.3 Å². The molecule has 0 fully saturated rings. The number of rotatable bonds is 13. The van der Waals surface area contributed by atoms with Crippen LogP contribution in [0.3, 0.4) is 0 Å². The normalized spacial score (nSPS) is 13.1. The fourth-order valence-electron chi connectivity index (χ4n) is 4.12. The van der Waals surface area contributed by atoms with Crippen LogP contribution in [0.15, 0.2) is 72.8 Å². The lowest BCUT2D eigenvalue weighted by atomic mass is 9.98. The minimum Gasteiger partial charge on any atom is -0.460 e. The number of aliphatic hydroxyl groups excluding tert-OH is 1. The highest BCUT2D eigenvalue weighted by atomic mass is 16.5. The second-order valence-electron chi connectivity index (χ2n) is 9.16. The van der Waals surface area contributed by atoms with Crippen LogP contribution in [-0.2, 0) is 32.1 Å². The molecule has 3 atom stereocenters. The van der Waals surface area contributed by atoms with Crippen molar-refractivity contribution < 1.29 is 29.0 Å². The molecule has 4 N–H and O–H groups in total.